The predicted octanol–water partition coefficient (Wildman–Crippen LogP) is 0.725. The van der Waals surface area contributed by atoms with Gasteiger partial charge in [-0.05, 0) is 27.3 Å². The summed E-state index contributed by atoms with van der Waals surface area (Å²) in [6.07, 6.45) is -0.402. The number of carbonyl (C=O) groups excluding carboxylic acids is 1. The Balaban J connectivity index is 2.18. The predicted molar refractivity (Wildman–Crippen MR) is 76.4 cm³/mol. The lowest BCUT2D eigenvalue weighted by Gasteiger charge is -2.43. The highest BCUT2D eigenvalue weighted by Crippen LogP contribution is 2.28. The molecule has 0 saturated carbocycles. The van der Waals surface area contributed by atoms with E-state index in [4.69, 9.17) is 4.74 Å². The van der Waals surface area contributed by atoms with Gasteiger partial charge in [0.2, 0.25) is 0 Å². The lowest BCUT2D eigenvalue weighted by Crippen LogP contribution is -2.61. The topological polar surface area (TPSA) is 66.9 Å². The summed E-state index contributed by atoms with van der Waals surface area (Å²) in [5, 5.41) is 0. The minimum absolute atomic E-state index is 0.0490. The van der Waals surface area contributed by atoms with E-state index in [1.54, 1.807) is 4.90 Å². The van der Waals surface area contributed by atoms with E-state index in [1.165, 1.54) is 0 Å². The smallest absolute Gasteiger partial charge is 0.410 e. The normalized spacial score (nSPS) is 30.1. The van der Waals surface area contributed by atoms with Crippen molar-refractivity contribution in [1.82, 2.24) is 9.80 Å². The molecule has 2 fully saturated rings. The van der Waals surface area contributed by atoms with Crippen molar-refractivity contribution in [3.05, 3.63) is 0 Å². The SMILES string of the molecule is CCN1CCN(C(=O)OC(C)(C)C)[C@H]2CS(=O)(=O)C[C@H]21. The number of hydrogen-bond acceptors (Lipinski definition) is 5. The molecule has 2 rings (SSSR count). The van der Waals surface area contributed by atoms with Gasteiger partial charge in [-0.15, -0.1) is 0 Å². The molecule has 7 heteroatoms. The Kier molecular flexibility index (Phi) is 4.03. The van der Waals surface area contributed by atoms with Crippen molar-refractivity contribution in [3.8, 4) is 0 Å². The maximum absolute atomic E-state index is 12.3. The van der Waals surface area contributed by atoms with E-state index in [2.05, 4.69) is 4.90 Å². The minimum atomic E-state index is -3.07. The fourth-order valence-electron chi connectivity index (χ4n) is 2.96. The van der Waals surface area contributed by atoms with E-state index >= 15 is 0 Å². The summed E-state index contributed by atoms with van der Waals surface area (Å²) < 4.78 is 29.2. The molecular weight excluding hydrogens is 280 g/mol. The quantitative estimate of drug-likeness (QED) is 0.714. The minimum Gasteiger partial charge on any atom is -0.444 e. The summed E-state index contributed by atoms with van der Waals surface area (Å²) in [7, 11) is -3.07. The second-order valence-corrected chi connectivity index (χ2v) is 8.67. The number of sulfone groups is 1. The average Bonchev–Trinajstić information content (AvgIpc) is 2.59. The Hall–Kier alpha value is -0.820. The molecule has 116 valence electrons. The fourth-order valence-corrected chi connectivity index (χ4v) is 4.98. The molecule has 0 aliphatic carbocycles. The van der Waals surface area contributed by atoms with Crippen LogP contribution in [0.15, 0.2) is 0 Å². The van der Waals surface area contributed by atoms with Gasteiger partial charge in [-0.25, -0.2) is 13.2 Å². The van der Waals surface area contributed by atoms with Crippen LogP contribution in [-0.4, -0.2) is 73.1 Å². The van der Waals surface area contributed by atoms with Crippen LogP contribution in [0.3, 0.4) is 0 Å². The lowest BCUT2D eigenvalue weighted by molar-refractivity contribution is -0.00796. The highest BCUT2D eigenvalue weighted by molar-refractivity contribution is 7.91. The Morgan fingerprint density at radius 2 is 1.80 bits per heavy atom. The number of rotatable bonds is 1. The molecule has 0 aromatic rings. The van der Waals surface area contributed by atoms with E-state index < -0.39 is 21.5 Å². The number of nitrogens with zero attached hydrogens (tertiary/aromatic N) is 2. The monoisotopic (exact) mass is 304 g/mol. The molecule has 0 bridgehead atoms. The van der Waals surface area contributed by atoms with Crippen LogP contribution in [0.5, 0.6) is 0 Å². The van der Waals surface area contributed by atoms with Gasteiger partial charge in [0.15, 0.2) is 9.84 Å². The number of hydrogen-bond donors (Lipinski definition) is 0. The van der Waals surface area contributed by atoms with Crippen molar-refractivity contribution < 1.29 is 17.9 Å². The molecule has 0 unspecified atom stereocenters. The van der Waals surface area contributed by atoms with E-state index in [1.807, 2.05) is 27.7 Å². The van der Waals surface area contributed by atoms with Crippen molar-refractivity contribution in [2.75, 3.05) is 31.1 Å². The molecule has 0 N–H and O–H groups in total. The molecule has 2 atom stereocenters. The number of likely N-dealkylation sites (N-methyl/N-ethyl adjacent to an activating group) is 1. The molecule has 0 aromatic heterocycles. The van der Waals surface area contributed by atoms with Gasteiger partial charge >= 0.3 is 6.09 Å². The first-order valence-corrected chi connectivity index (χ1v) is 8.89. The zero-order chi connectivity index (χ0) is 15.1. The zero-order valence-electron chi connectivity index (χ0n) is 12.6. The second kappa shape index (κ2) is 5.18. The molecule has 2 heterocycles. The number of carbonyl (C=O) groups is 1. The molecule has 0 spiro atoms. The molecule has 0 radical (unpaired) electrons. The van der Waals surface area contributed by atoms with E-state index in [0.29, 0.717) is 13.1 Å². The Morgan fingerprint density at radius 1 is 1.20 bits per heavy atom. The molecule has 2 saturated heterocycles. The standard InChI is InChI=1S/C13H24N2O4S/c1-5-14-6-7-15(12(16)19-13(2,3)4)11-9-20(17,18)8-10(11)14/h10-11H,5-9H2,1-4H3/t10-,11+/m1/s1. The molecule has 0 aromatic carbocycles. The second-order valence-electron chi connectivity index (χ2n) is 6.51. The maximum Gasteiger partial charge on any atom is 0.410 e. The molecule has 20 heavy (non-hydrogen) atoms. The zero-order valence-corrected chi connectivity index (χ0v) is 13.4. The Morgan fingerprint density at radius 3 is 2.35 bits per heavy atom. The van der Waals surface area contributed by atoms with Crippen LogP contribution in [0.4, 0.5) is 4.79 Å². The molecule has 6 nitrogen and oxygen atoms in total. The highest BCUT2D eigenvalue weighted by Gasteiger charge is 2.48. The van der Waals surface area contributed by atoms with Crippen molar-refractivity contribution in [2.45, 2.75) is 45.4 Å². The van der Waals surface area contributed by atoms with Crippen molar-refractivity contribution >= 4 is 15.9 Å². The highest BCUT2D eigenvalue weighted by atomic mass is 32.2. The Labute approximate surface area is 121 Å². The number of amides is 1. The van der Waals surface area contributed by atoms with Crippen molar-refractivity contribution in [2.24, 2.45) is 0 Å². The maximum atomic E-state index is 12.3. The third-order valence-electron chi connectivity index (χ3n) is 3.83. The first-order chi connectivity index (χ1) is 9.13. The number of fused-ring (bicyclic) bond motifs is 1. The summed E-state index contributed by atoms with van der Waals surface area (Å²) in [5.41, 5.74) is -0.564. The number of piperazine rings is 1. The first kappa shape index (κ1) is 15.6. The summed E-state index contributed by atoms with van der Waals surface area (Å²) in [5.74, 6) is 0.193. The first-order valence-electron chi connectivity index (χ1n) is 7.07. The average molecular weight is 304 g/mol. The van der Waals surface area contributed by atoms with Crippen molar-refractivity contribution in [1.29, 1.82) is 0 Å². The van der Waals surface area contributed by atoms with Gasteiger partial charge < -0.3 is 9.64 Å². The van der Waals surface area contributed by atoms with Gasteiger partial charge in [0, 0.05) is 19.1 Å². The largest absolute Gasteiger partial charge is 0.444 e. The van der Waals surface area contributed by atoms with Gasteiger partial charge in [-0.3, -0.25) is 4.90 Å². The fraction of sp³-hybridized carbons (Fsp3) is 0.923. The van der Waals surface area contributed by atoms with Crippen LogP contribution < -0.4 is 0 Å². The van der Waals surface area contributed by atoms with Gasteiger partial charge in [-0.2, -0.15) is 0 Å². The van der Waals surface area contributed by atoms with Crippen LogP contribution in [0, 0.1) is 0 Å². The molecule has 2 aliphatic heterocycles. The van der Waals surface area contributed by atoms with Crippen molar-refractivity contribution in [3.63, 3.8) is 0 Å². The summed E-state index contributed by atoms with van der Waals surface area (Å²) in [4.78, 5) is 16.0. The Bertz CT molecular complexity index is 483. The summed E-state index contributed by atoms with van der Waals surface area (Å²) in [6.45, 7) is 9.50. The van der Waals surface area contributed by atoms with Crippen LogP contribution in [0.1, 0.15) is 27.7 Å². The van der Waals surface area contributed by atoms with Crippen LogP contribution in [0.25, 0.3) is 0 Å². The van der Waals surface area contributed by atoms with Gasteiger partial charge in [0.25, 0.3) is 0 Å². The number of ether oxygens (including phenoxy) is 1. The summed E-state index contributed by atoms with van der Waals surface area (Å²) in [6, 6.07) is -0.366. The lowest BCUT2D eigenvalue weighted by atomic mass is 10.1. The van der Waals surface area contributed by atoms with Gasteiger partial charge in [-0.1, -0.05) is 6.92 Å². The van der Waals surface area contributed by atoms with E-state index in [0.717, 1.165) is 6.54 Å². The van der Waals surface area contributed by atoms with Gasteiger partial charge in [0.05, 0.1) is 17.5 Å². The molecule has 2 aliphatic rings. The van der Waals surface area contributed by atoms with E-state index in [9.17, 15) is 13.2 Å². The van der Waals surface area contributed by atoms with Crippen LogP contribution in [0.2, 0.25) is 0 Å². The summed E-state index contributed by atoms with van der Waals surface area (Å²) >= 11 is 0. The van der Waals surface area contributed by atoms with Gasteiger partial charge in [0.1, 0.15) is 5.60 Å². The molecule has 1 amide bonds. The third kappa shape index (κ3) is 3.25. The van der Waals surface area contributed by atoms with Crippen LogP contribution in [-0.2, 0) is 14.6 Å². The van der Waals surface area contributed by atoms with Crippen LogP contribution >= 0.6 is 0 Å². The third-order valence-corrected chi connectivity index (χ3v) is 5.52. The molecular formula is C13H24N2O4S. The van der Waals surface area contributed by atoms with E-state index in [-0.39, 0.29) is 23.6 Å².